The third-order valence-corrected chi connectivity index (χ3v) is 4.81. The Labute approximate surface area is 161 Å². The van der Waals surface area contributed by atoms with Crippen LogP contribution in [0.25, 0.3) is 11.3 Å². The number of carbonyl (C=O) groups is 1. The van der Waals surface area contributed by atoms with Crippen molar-refractivity contribution in [2.75, 3.05) is 0 Å². The molecular weight excluding hydrogens is 366 g/mol. The number of nitrogens with one attached hydrogen (secondary N) is 1. The molecule has 7 nitrogen and oxygen atoms in total. The summed E-state index contributed by atoms with van der Waals surface area (Å²) in [6, 6.07) is 7.39. The largest absolute Gasteiger partial charge is 0.451 e. The average molecular weight is 384 g/mol. The van der Waals surface area contributed by atoms with Crippen molar-refractivity contribution in [3.8, 4) is 17.3 Å². The molecule has 27 heavy (non-hydrogen) atoms. The van der Waals surface area contributed by atoms with E-state index in [1.54, 1.807) is 10.7 Å². The number of nitrogens with zero attached hydrogens (tertiary/aromatic N) is 4. The fourth-order valence-corrected chi connectivity index (χ4v) is 2.95. The van der Waals surface area contributed by atoms with Crippen LogP contribution in [0.15, 0.2) is 41.5 Å². The van der Waals surface area contributed by atoms with Gasteiger partial charge in [-0.25, -0.2) is 4.98 Å². The summed E-state index contributed by atoms with van der Waals surface area (Å²) in [5.41, 5.74) is 3.14. The lowest BCUT2D eigenvalue weighted by Gasteiger charge is -2.16. The highest BCUT2D eigenvalue weighted by molar-refractivity contribution is 6.32. The molecule has 0 aliphatic carbocycles. The van der Waals surface area contributed by atoms with E-state index in [0.717, 1.165) is 23.2 Å². The van der Waals surface area contributed by atoms with E-state index >= 15 is 0 Å². The molecule has 0 aliphatic rings. The highest BCUT2D eigenvalue weighted by Gasteiger charge is 2.16. The third-order valence-electron chi connectivity index (χ3n) is 4.32. The lowest BCUT2D eigenvalue weighted by molar-refractivity contribution is 0.0926. The summed E-state index contributed by atoms with van der Waals surface area (Å²) in [6.45, 7) is 4.37. The van der Waals surface area contributed by atoms with Crippen LogP contribution >= 0.6 is 11.6 Å². The van der Waals surface area contributed by atoms with Crippen LogP contribution in [-0.4, -0.2) is 26.7 Å². The van der Waals surface area contributed by atoms with Crippen molar-refractivity contribution in [2.24, 2.45) is 0 Å². The van der Waals surface area contributed by atoms with E-state index in [1.807, 2.05) is 32.2 Å². The van der Waals surface area contributed by atoms with Crippen molar-refractivity contribution in [1.29, 1.82) is 5.26 Å². The van der Waals surface area contributed by atoms with Gasteiger partial charge < -0.3 is 9.73 Å². The molecule has 0 bridgehead atoms. The Morgan fingerprint density at radius 1 is 1.44 bits per heavy atom. The molecular formula is C19H18ClN5O2. The first-order chi connectivity index (χ1) is 13.0. The molecule has 138 valence electrons. The molecule has 0 saturated carbocycles. The minimum absolute atomic E-state index is 0.104. The standard InChI is InChI=1S/C19H18ClN5O2/c1-3-14(23-19(26)17-10-27-11-22-17)9-25-7-6-16(24-25)15-5-4-13(8-21)18(20)12(15)2/h4-7,10-11,14H,3,9H2,1-2H3,(H,23,26)/t14-/m1/s1. The summed E-state index contributed by atoms with van der Waals surface area (Å²) < 4.78 is 6.61. The lowest BCUT2D eigenvalue weighted by atomic mass is 10.0. The number of aromatic nitrogens is 3. The van der Waals surface area contributed by atoms with Crippen molar-refractivity contribution < 1.29 is 9.21 Å². The van der Waals surface area contributed by atoms with Crippen molar-refractivity contribution >= 4 is 17.5 Å². The Hall–Kier alpha value is -3.11. The maximum Gasteiger partial charge on any atom is 0.273 e. The number of benzene rings is 1. The molecule has 0 saturated heterocycles. The van der Waals surface area contributed by atoms with Gasteiger partial charge in [0.25, 0.3) is 5.91 Å². The van der Waals surface area contributed by atoms with Gasteiger partial charge in [-0.15, -0.1) is 0 Å². The molecule has 0 fully saturated rings. The van der Waals surface area contributed by atoms with Crippen LogP contribution < -0.4 is 5.32 Å². The zero-order valence-electron chi connectivity index (χ0n) is 14.9. The van der Waals surface area contributed by atoms with E-state index in [0.29, 0.717) is 17.1 Å². The molecule has 0 radical (unpaired) electrons. The van der Waals surface area contributed by atoms with Crippen LogP contribution in [0.3, 0.4) is 0 Å². The quantitative estimate of drug-likeness (QED) is 0.701. The van der Waals surface area contributed by atoms with Gasteiger partial charge in [0.1, 0.15) is 12.3 Å². The number of amides is 1. The van der Waals surface area contributed by atoms with Crippen LogP contribution in [0.2, 0.25) is 5.02 Å². The first-order valence-corrected chi connectivity index (χ1v) is 8.83. The molecule has 1 aromatic carbocycles. The number of rotatable bonds is 6. The number of oxazole rings is 1. The predicted molar refractivity (Wildman–Crippen MR) is 100 cm³/mol. The summed E-state index contributed by atoms with van der Waals surface area (Å²) in [7, 11) is 0. The summed E-state index contributed by atoms with van der Waals surface area (Å²) >= 11 is 6.25. The maximum absolute atomic E-state index is 12.1. The minimum atomic E-state index is -0.280. The maximum atomic E-state index is 12.1. The number of halogens is 1. The zero-order chi connectivity index (χ0) is 19.4. The van der Waals surface area contributed by atoms with E-state index in [4.69, 9.17) is 21.3 Å². The van der Waals surface area contributed by atoms with Crippen LogP contribution in [0.5, 0.6) is 0 Å². The molecule has 3 aromatic rings. The van der Waals surface area contributed by atoms with Gasteiger partial charge in [-0.1, -0.05) is 24.6 Å². The van der Waals surface area contributed by atoms with E-state index in [1.165, 1.54) is 12.7 Å². The monoisotopic (exact) mass is 383 g/mol. The van der Waals surface area contributed by atoms with Crippen LogP contribution in [0, 0.1) is 18.3 Å². The second kappa shape index (κ2) is 8.06. The molecule has 0 aliphatic heterocycles. The van der Waals surface area contributed by atoms with Gasteiger partial charge in [0.2, 0.25) is 0 Å². The Bertz CT molecular complexity index is 988. The zero-order valence-corrected chi connectivity index (χ0v) is 15.7. The fourth-order valence-electron chi connectivity index (χ4n) is 2.74. The van der Waals surface area contributed by atoms with Gasteiger partial charge in [-0.05, 0) is 31.0 Å². The average Bonchev–Trinajstić information content (AvgIpc) is 3.35. The molecule has 1 atom stereocenters. The molecule has 0 unspecified atom stereocenters. The van der Waals surface area contributed by atoms with Gasteiger partial charge in [0.05, 0.1) is 22.8 Å². The van der Waals surface area contributed by atoms with Gasteiger partial charge in [0.15, 0.2) is 12.1 Å². The van der Waals surface area contributed by atoms with Crippen LogP contribution in [0.1, 0.15) is 35.0 Å². The SMILES string of the molecule is CC[C@H](Cn1ccc(-c2ccc(C#N)c(Cl)c2C)n1)NC(=O)c1cocn1. The van der Waals surface area contributed by atoms with Crippen LogP contribution in [-0.2, 0) is 6.54 Å². The molecule has 1 amide bonds. The van der Waals surface area contributed by atoms with Crippen molar-refractivity contribution in [1.82, 2.24) is 20.1 Å². The van der Waals surface area contributed by atoms with Gasteiger partial charge in [-0.2, -0.15) is 10.4 Å². The number of hydrogen-bond donors (Lipinski definition) is 1. The smallest absolute Gasteiger partial charge is 0.273 e. The van der Waals surface area contributed by atoms with E-state index < -0.39 is 0 Å². The Kier molecular flexibility index (Phi) is 5.57. The fraction of sp³-hybridized carbons (Fsp3) is 0.263. The second-order valence-electron chi connectivity index (χ2n) is 6.09. The summed E-state index contributed by atoms with van der Waals surface area (Å²) in [6.07, 6.45) is 5.12. The Morgan fingerprint density at radius 2 is 2.26 bits per heavy atom. The summed E-state index contributed by atoms with van der Waals surface area (Å²) in [5.74, 6) is -0.280. The van der Waals surface area contributed by atoms with Crippen LogP contribution in [0.4, 0.5) is 0 Å². The van der Waals surface area contributed by atoms with Gasteiger partial charge >= 0.3 is 0 Å². The molecule has 2 heterocycles. The molecule has 2 aromatic heterocycles. The van der Waals surface area contributed by atoms with E-state index in [9.17, 15) is 4.79 Å². The highest BCUT2D eigenvalue weighted by Crippen LogP contribution is 2.29. The van der Waals surface area contributed by atoms with E-state index in [2.05, 4.69) is 21.5 Å². The Balaban J connectivity index is 1.75. The van der Waals surface area contributed by atoms with Crippen molar-refractivity contribution in [3.05, 3.63) is 58.9 Å². The number of nitriles is 1. The summed E-state index contributed by atoms with van der Waals surface area (Å²) in [5, 5.41) is 17.0. The minimum Gasteiger partial charge on any atom is -0.451 e. The lowest BCUT2D eigenvalue weighted by Crippen LogP contribution is -2.37. The number of hydrogen-bond acceptors (Lipinski definition) is 5. The molecule has 0 spiro atoms. The van der Waals surface area contributed by atoms with Gasteiger partial charge in [-0.3, -0.25) is 9.48 Å². The summed E-state index contributed by atoms with van der Waals surface area (Å²) in [4.78, 5) is 16.0. The molecule has 8 heteroatoms. The van der Waals surface area contributed by atoms with Gasteiger partial charge in [0, 0.05) is 17.8 Å². The molecule has 3 rings (SSSR count). The van der Waals surface area contributed by atoms with Crippen molar-refractivity contribution in [3.63, 3.8) is 0 Å². The Morgan fingerprint density at radius 3 is 2.93 bits per heavy atom. The number of carbonyl (C=O) groups excluding carboxylic acids is 1. The van der Waals surface area contributed by atoms with Crippen molar-refractivity contribution in [2.45, 2.75) is 32.9 Å². The molecule has 1 N–H and O–H groups in total. The first-order valence-electron chi connectivity index (χ1n) is 8.45. The highest BCUT2D eigenvalue weighted by atomic mass is 35.5. The first kappa shape index (κ1) is 18.7. The normalized spacial score (nSPS) is 11.8. The topological polar surface area (TPSA) is 96.7 Å². The predicted octanol–water partition coefficient (Wildman–Crippen LogP) is 3.58. The second-order valence-corrected chi connectivity index (χ2v) is 6.46. The third kappa shape index (κ3) is 4.01. The van der Waals surface area contributed by atoms with E-state index in [-0.39, 0.29) is 17.6 Å².